The Labute approximate surface area is 67.9 Å². The number of benzene rings is 1. The number of hydrogen-bond acceptors (Lipinski definition) is 3. The summed E-state index contributed by atoms with van der Waals surface area (Å²) in [6, 6.07) is 3.93. The fourth-order valence-corrected chi connectivity index (χ4v) is 0.795. The van der Waals surface area contributed by atoms with E-state index in [4.69, 9.17) is 10.6 Å². The Morgan fingerprint density at radius 2 is 2.25 bits per heavy atom. The van der Waals surface area contributed by atoms with Crippen molar-refractivity contribution in [2.45, 2.75) is 0 Å². The summed E-state index contributed by atoms with van der Waals surface area (Å²) < 4.78 is 0. The largest absolute Gasteiger partial charge is 0.508 e. The van der Waals surface area contributed by atoms with E-state index in [-0.39, 0.29) is 17.0 Å². The van der Waals surface area contributed by atoms with Crippen molar-refractivity contribution in [3.05, 3.63) is 34.2 Å². The van der Waals surface area contributed by atoms with Crippen molar-refractivity contribution in [1.82, 2.24) is 0 Å². The molecule has 0 aliphatic carbocycles. The van der Waals surface area contributed by atoms with Crippen LogP contribution in [-0.4, -0.2) is 11.4 Å². The van der Waals surface area contributed by atoms with Crippen LogP contribution in [0, 0.1) is 0 Å². The minimum absolute atomic E-state index is 0.0954. The molecule has 0 amide bonds. The maximum absolute atomic E-state index is 10.3. The number of phenolic OH excluding ortho intramolecular Hbond substituents is 1. The van der Waals surface area contributed by atoms with Crippen LogP contribution in [0.1, 0.15) is 10.4 Å². The molecular weight excluding hydrogens is 158 g/mol. The summed E-state index contributed by atoms with van der Waals surface area (Å²) >= 11 is 0. The van der Waals surface area contributed by atoms with Crippen LogP contribution in [0.2, 0.25) is 0 Å². The van der Waals surface area contributed by atoms with Gasteiger partial charge in [0.2, 0.25) is 0 Å². The number of hydrogen-bond donors (Lipinski definition) is 1. The van der Waals surface area contributed by atoms with Crippen molar-refractivity contribution in [2.24, 2.45) is 5.11 Å². The molecule has 0 aliphatic rings. The van der Waals surface area contributed by atoms with Crippen molar-refractivity contribution in [2.75, 3.05) is 0 Å². The fourth-order valence-electron chi connectivity index (χ4n) is 0.795. The Balaban J connectivity index is 3.22. The van der Waals surface area contributed by atoms with Crippen molar-refractivity contribution < 1.29 is 9.90 Å². The lowest BCUT2D eigenvalue weighted by molar-refractivity contribution is 0.112. The molecule has 0 radical (unpaired) electrons. The van der Waals surface area contributed by atoms with Crippen molar-refractivity contribution >= 4 is 12.0 Å². The van der Waals surface area contributed by atoms with Crippen LogP contribution in [-0.2, 0) is 0 Å². The Morgan fingerprint density at radius 3 is 2.83 bits per heavy atom. The number of azide groups is 1. The van der Waals surface area contributed by atoms with E-state index in [2.05, 4.69) is 10.0 Å². The lowest BCUT2D eigenvalue weighted by Gasteiger charge is -1.95. The maximum Gasteiger partial charge on any atom is 0.150 e. The summed E-state index contributed by atoms with van der Waals surface area (Å²) in [5, 5.41) is 12.2. The maximum atomic E-state index is 10.3. The number of carbonyl (C=O) groups is 1. The summed E-state index contributed by atoms with van der Waals surface area (Å²) in [6.07, 6.45) is 0.566. The molecule has 0 unspecified atom stereocenters. The normalized spacial score (nSPS) is 8.67. The Hall–Kier alpha value is -2.00. The highest BCUT2D eigenvalue weighted by Gasteiger charge is 1.96. The third kappa shape index (κ3) is 1.74. The third-order valence-corrected chi connectivity index (χ3v) is 1.22. The van der Waals surface area contributed by atoms with E-state index >= 15 is 0 Å². The van der Waals surface area contributed by atoms with Crippen LogP contribution in [0.15, 0.2) is 23.3 Å². The highest BCUT2D eigenvalue weighted by atomic mass is 16.3. The van der Waals surface area contributed by atoms with E-state index in [0.29, 0.717) is 6.29 Å². The van der Waals surface area contributed by atoms with Crippen LogP contribution in [0.3, 0.4) is 0 Å². The number of carbonyl (C=O) groups excluding carboxylic acids is 1. The van der Waals surface area contributed by atoms with E-state index in [0.717, 1.165) is 0 Å². The minimum atomic E-state index is -0.0954. The average Bonchev–Trinajstić information content (AvgIpc) is 2.04. The zero-order valence-electron chi connectivity index (χ0n) is 6.01. The second kappa shape index (κ2) is 3.41. The molecule has 1 rings (SSSR count). The van der Waals surface area contributed by atoms with Gasteiger partial charge >= 0.3 is 0 Å². The molecule has 0 aromatic heterocycles. The van der Waals surface area contributed by atoms with Crippen molar-refractivity contribution in [3.63, 3.8) is 0 Å². The monoisotopic (exact) mass is 163 g/mol. The Kier molecular flexibility index (Phi) is 2.30. The number of nitrogens with zero attached hydrogens (tertiary/aromatic N) is 3. The van der Waals surface area contributed by atoms with E-state index in [1.54, 1.807) is 0 Å². The molecule has 12 heavy (non-hydrogen) atoms. The molecule has 60 valence electrons. The number of aldehydes is 1. The van der Waals surface area contributed by atoms with Gasteiger partial charge in [-0.2, -0.15) is 0 Å². The summed E-state index contributed by atoms with van der Waals surface area (Å²) in [5.41, 5.74) is 8.56. The van der Waals surface area contributed by atoms with Gasteiger partial charge in [-0.3, -0.25) is 4.79 Å². The van der Waals surface area contributed by atoms with Crippen LogP contribution in [0.5, 0.6) is 5.75 Å². The molecule has 0 saturated carbocycles. The van der Waals surface area contributed by atoms with Crippen LogP contribution >= 0.6 is 0 Å². The average molecular weight is 163 g/mol. The second-order valence-electron chi connectivity index (χ2n) is 2.09. The number of rotatable bonds is 2. The van der Waals surface area contributed by atoms with E-state index in [9.17, 15) is 4.79 Å². The van der Waals surface area contributed by atoms with Gasteiger partial charge in [-0.25, -0.2) is 0 Å². The molecule has 0 atom stereocenters. The number of aromatic hydroxyl groups is 1. The standard InChI is InChI=1S/C7H5N3O2/c8-10-9-6-1-5(4-11)2-7(12)3-6/h1-4,12H. The van der Waals surface area contributed by atoms with Gasteiger partial charge in [0.1, 0.15) is 12.0 Å². The Bertz CT molecular complexity index is 356. The zero-order chi connectivity index (χ0) is 8.97. The summed E-state index contributed by atoms with van der Waals surface area (Å²) in [6.45, 7) is 0. The smallest absolute Gasteiger partial charge is 0.150 e. The highest BCUT2D eigenvalue weighted by Crippen LogP contribution is 2.21. The van der Waals surface area contributed by atoms with Gasteiger partial charge in [0, 0.05) is 16.2 Å². The topological polar surface area (TPSA) is 86.1 Å². The minimum Gasteiger partial charge on any atom is -0.508 e. The highest BCUT2D eigenvalue weighted by molar-refractivity contribution is 5.77. The molecule has 5 nitrogen and oxygen atoms in total. The molecule has 0 fully saturated rings. The predicted molar refractivity (Wildman–Crippen MR) is 42.3 cm³/mol. The van der Waals surface area contributed by atoms with Gasteiger partial charge in [0.05, 0.1) is 0 Å². The number of phenols is 1. The van der Waals surface area contributed by atoms with Crippen LogP contribution in [0.4, 0.5) is 5.69 Å². The van der Waals surface area contributed by atoms with E-state index < -0.39 is 0 Å². The molecule has 1 N–H and O–H groups in total. The third-order valence-electron chi connectivity index (χ3n) is 1.22. The second-order valence-corrected chi connectivity index (χ2v) is 2.09. The van der Waals surface area contributed by atoms with Gasteiger partial charge in [0.15, 0.2) is 0 Å². The van der Waals surface area contributed by atoms with Gasteiger partial charge < -0.3 is 5.11 Å². The lowest BCUT2D eigenvalue weighted by Crippen LogP contribution is -1.77. The van der Waals surface area contributed by atoms with Gasteiger partial charge in [0.25, 0.3) is 0 Å². The van der Waals surface area contributed by atoms with Gasteiger partial charge in [-0.05, 0) is 23.7 Å². The van der Waals surface area contributed by atoms with E-state index in [1.807, 2.05) is 0 Å². The summed E-state index contributed by atoms with van der Waals surface area (Å²) in [7, 11) is 0. The zero-order valence-corrected chi connectivity index (χ0v) is 6.01. The van der Waals surface area contributed by atoms with Crippen LogP contribution in [0.25, 0.3) is 10.4 Å². The first-order valence-electron chi connectivity index (χ1n) is 3.10. The van der Waals surface area contributed by atoms with Crippen molar-refractivity contribution in [3.8, 4) is 5.75 Å². The predicted octanol–water partition coefficient (Wildman–Crippen LogP) is 2.15. The van der Waals surface area contributed by atoms with Crippen molar-refractivity contribution in [1.29, 1.82) is 0 Å². The lowest BCUT2D eigenvalue weighted by atomic mass is 10.2. The molecule has 0 bridgehead atoms. The fraction of sp³-hybridized carbons (Fsp3) is 0. The van der Waals surface area contributed by atoms with Gasteiger partial charge in [-0.15, -0.1) is 0 Å². The molecule has 0 heterocycles. The molecule has 0 saturated heterocycles. The first-order chi connectivity index (χ1) is 5.76. The van der Waals surface area contributed by atoms with E-state index in [1.165, 1.54) is 18.2 Å². The Morgan fingerprint density at radius 1 is 1.50 bits per heavy atom. The molecule has 5 heteroatoms. The first kappa shape index (κ1) is 8.10. The molecule has 1 aromatic rings. The molecule has 1 aromatic carbocycles. The summed E-state index contributed by atoms with van der Waals surface area (Å²) in [5.74, 6) is -0.0954. The van der Waals surface area contributed by atoms with Crippen LogP contribution < -0.4 is 0 Å². The molecule has 0 aliphatic heterocycles. The first-order valence-corrected chi connectivity index (χ1v) is 3.10. The quantitative estimate of drug-likeness (QED) is 0.313. The van der Waals surface area contributed by atoms with Gasteiger partial charge in [-0.1, -0.05) is 5.11 Å². The molecule has 0 spiro atoms. The molecular formula is C7H5N3O2. The summed E-state index contributed by atoms with van der Waals surface area (Å²) in [4.78, 5) is 12.8. The SMILES string of the molecule is [N-]=[N+]=Nc1cc(O)cc(C=O)c1.